The van der Waals surface area contributed by atoms with Gasteiger partial charge in [-0.2, -0.15) is 5.10 Å². The smallest absolute Gasteiger partial charge is 0.306 e. The SMILES string of the molecule is O=C(O)C1CCc2cc(-c3cn[nH]c3)[nH]c2C1. The van der Waals surface area contributed by atoms with Gasteiger partial charge in [0.05, 0.1) is 12.1 Å². The molecule has 0 bridgehead atoms. The van der Waals surface area contributed by atoms with Crippen LogP contribution in [0.1, 0.15) is 17.7 Å². The van der Waals surface area contributed by atoms with E-state index in [2.05, 4.69) is 21.2 Å². The van der Waals surface area contributed by atoms with Crippen LogP contribution in [0, 0.1) is 5.92 Å². The molecule has 0 saturated heterocycles. The van der Waals surface area contributed by atoms with Crippen molar-refractivity contribution in [2.75, 3.05) is 0 Å². The maximum atomic E-state index is 11.0. The zero-order valence-electron chi connectivity index (χ0n) is 9.23. The first-order chi connectivity index (χ1) is 8.24. The minimum atomic E-state index is -0.699. The number of rotatable bonds is 2. The summed E-state index contributed by atoms with van der Waals surface area (Å²) in [5.74, 6) is -0.950. The van der Waals surface area contributed by atoms with Gasteiger partial charge in [0.25, 0.3) is 0 Å². The van der Waals surface area contributed by atoms with Crippen molar-refractivity contribution in [2.45, 2.75) is 19.3 Å². The molecule has 0 aliphatic heterocycles. The molecule has 0 fully saturated rings. The standard InChI is InChI=1S/C12H13N3O2/c16-12(17)8-2-1-7-3-11(15-10(7)4-8)9-5-13-14-6-9/h3,5-6,8,15H,1-2,4H2,(H,13,14)(H,16,17). The second-order valence-electron chi connectivity index (χ2n) is 4.45. The van der Waals surface area contributed by atoms with Crippen LogP contribution in [0.2, 0.25) is 0 Å². The summed E-state index contributed by atoms with van der Waals surface area (Å²) >= 11 is 0. The molecule has 2 heterocycles. The van der Waals surface area contributed by atoms with Gasteiger partial charge >= 0.3 is 5.97 Å². The Morgan fingerprint density at radius 1 is 1.53 bits per heavy atom. The Kier molecular flexibility index (Phi) is 2.24. The quantitative estimate of drug-likeness (QED) is 0.734. The third-order valence-corrected chi connectivity index (χ3v) is 3.36. The van der Waals surface area contributed by atoms with Crippen LogP contribution in [0.5, 0.6) is 0 Å². The lowest BCUT2D eigenvalue weighted by Gasteiger charge is -2.17. The number of aromatic amines is 2. The molecule has 1 unspecified atom stereocenters. The first-order valence-corrected chi connectivity index (χ1v) is 5.67. The van der Waals surface area contributed by atoms with Gasteiger partial charge in [-0.25, -0.2) is 0 Å². The van der Waals surface area contributed by atoms with E-state index >= 15 is 0 Å². The largest absolute Gasteiger partial charge is 0.481 e. The van der Waals surface area contributed by atoms with Gasteiger partial charge in [0.1, 0.15) is 0 Å². The summed E-state index contributed by atoms with van der Waals surface area (Å²) in [6.45, 7) is 0. The van der Waals surface area contributed by atoms with Crippen LogP contribution in [-0.2, 0) is 17.6 Å². The lowest BCUT2D eigenvalue weighted by atomic mass is 9.88. The van der Waals surface area contributed by atoms with Crippen molar-refractivity contribution in [1.29, 1.82) is 0 Å². The molecule has 1 atom stereocenters. The number of nitrogens with one attached hydrogen (secondary N) is 2. The van der Waals surface area contributed by atoms with Crippen molar-refractivity contribution in [1.82, 2.24) is 15.2 Å². The molecule has 0 saturated carbocycles. The van der Waals surface area contributed by atoms with Crippen LogP contribution in [0.25, 0.3) is 11.3 Å². The summed E-state index contributed by atoms with van der Waals surface area (Å²) in [6.07, 6.45) is 5.74. The maximum absolute atomic E-state index is 11.0. The highest BCUT2D eigenvalue weighted by molar-refractivity contribution is 5.71. The first kappa shape index (κ1) is 10.1. The highest BCUT2D eigenvalue weighted by atomic mass is 16.4. The molecule has 0 spiro atoms. The van der Waals surface area contributed by atoms with Crippen LogP contribution in [0.3, 0.4) is 0 Å². The monoisotopic (exact) mass is 231 g/mol. The Hall–Kier alpha value is -2.04. The molecule has 5 heteroatoms. The topological polar surface area (TPSA) is 81.8 Å². The van der Waals surface area contributed by atoms with Crippen LogP contribution >= 0.6 is 0 Å². The number of carboxylic acid groups (broad SMARTS) is 1. The Bertz CT molecular complexity index is 542. The molecule has 1 aliphatic carbocycles. The average molecular weight is 231 g/mol. The van der Waals surface area contributed by atoms with E-state index in [1.165, 1.54) is 5.56 Å². The molecule has 2 aromatic rings. The number of fused-ring (bicyclic) bond motifs is 1. The fourth-order valence-corrected chi connectivity index (χ4v) is 2.39. The van der Waals surface area contributed by atoms with Crippen LogP contribution in [-0.4, -0.2) is 26.3 Å². The van der Waals surface area contributed by atoms with E-state index < -0.39 is 5.97 Å². The third kappa shape index (κ3) is 1.73. The third-order valence-electron chi connectivity index (χ3n) is 3.36. The second kappa shape index (κ2) is 3.76. The fourth-order valence-electron chi connectivity index (χ4n) is 2.39. The number of carboxylic acids is 1. The number of aryl methyl sites for hydroxylation is 1. The number of nitrogens with zero attached hydrogens (tertiary/aromatic N) is 1. The lowest BCUT2D eigenvalue weighted by Crippen LogP contribution is -2.21. The number of aromatic nitrogens is 3. The number of aliphatic carboxylic acids is 1. The molecule has 0 amide bonds. The zero-order chi connectivity index (χ0) is 11.8. The molecule has 1 aliphatic rings. The normalized spacial score (nSPS) is 18.9. The van der Waals surface area contributed by atoms with Gasteiger partial charge in [-0.15, -0.1) is 0 Å². The maximum Gasteiger partial charge on any atom is 0.306 e. The predicted octanol–water partition coefficient (Wildman–Crippen LogP) is 1.59. The van der Waals surface area contributed by atoms with Crippen LogP contribution < -0.4 is 0 Å². The van der Waals surface area contributed by atoms with Crippen molar-refractivity contribution in [3.8, 4) is 11.3 Å². The summed E-state index contributed by atoms with van der Waals surface area (Å²) in [5, 5.41) is 15.7. The first-order valence-electron chi connectivity index (χ1n) is 5.67. The highest BCUT2D eigenvalue weighted by Gasteiger charge is 2.25. The van der Waals surface area contributed by atoms with Gasteiger partial charge < -0.3 is 10.1 Å². The summed E-state index contributed by atoms with van der Waals surface area (Å²) in [6, 6.07) is 2.10. The van der Waals surface area contributed by atoms with Crippen LogP contribution in [0.4, 0.5) is 0 Å². The number of carbonyl (C=O) groups is 1. The summed E-state index contributed by atoms with van der Waals surface area (Å²) in [4.78, 5) is 14.3. The van der Waals surface area contributed by atoms with E-state index in [1.807, 2.05) is 6.20 Å². The fraction of sp³-hybridized carbons (Fsp3) is 0.333. The molecule has 3 N–H and O–H groups in total. The Morgan fingerprint density at radius 2 is 2.41 bits per heavy atom. The second-order valence-corrected chi connectivity index (χ2v) is 4.45. The Morgan fingerprint density at radius 3 is 3.12 bits per heavy atom. The van der Waals surface area contributed by atoms with E-state index in [1.54, 1.807) is 6.20 Å². The van der Waals surface area contributed by atoms with Gasteiger partial charge in [0.15, 0.2) is 0 Å². The molecule has 0 aromatic carbocycles. The van der Waals surface area contributed by atoms with Crippen molar-refractivity contribution in [3.05, 3.63) is 29.7 Å². The molecule has 2 aromatic heterocycles. The van der Waals surface area contributed by atoms with Crippen molar-refractivity contribution >= 4 is 5.97 Å². The van der Waals surface area contributed by atoms with Crippen molar-refractivity contribution < 1.29 is 9.90 Å². The Balaban J connectivity index is 1.92. The zero-order valence-corrected chi connectivity index (χ0v) is 9.23. The van der Waals surface area contributed by atoms with E-state index in [9.17, 15) is 4.79 Å². The number of H-pyrrole nitrogens is 2. The van der Waals surface area contributed by atoms with E-state index in [4.69, 9.17) is 5.11 Å². The van der Waals surface area contributed by atoms with Crippen molar-refractivity contribution in [2.24, 2.45) is 5.92 Å². The highest BCUT2D eigenvalue weighted by Crippen LogP contribution is 2.29. The molecular weight excluding hydrogens is 218 g/mol. The van der Waals surface area contributed by atoms with E-state index in [0.717, 1.165) is 29.8 Å². The summed E-state index contributed by atoms with van der Waals surface area (Å²) in [5.41, 5.74) is 4.31. The minimum absolute atomic E-state index is 0.252. The van der Waals surface area contributed by atoms with Crippen LogP contribution in [0.15, 0.2) is 18.5 Å². The van der Waals surface area contributed by atoms with Gasteiger partial charge in [0, 0.05) is 29.6 Å². The minimum Gasteiger partial charge on any atom is -0.481 e. The predicted molar refractivity (Wildman–Crippen MR) is 61.5 cm³/mol. The summed E-state index contributed by atoms with van der Waals surface area (Å²) < 4.78 is 0. The average Bonchev–Trinajstić information content (AvgIpc) is 2.96. The van der Waals surface area contributed by atoms with Gasteiger partial charge in [-0.05, 0) is 24.5 Å². The molecular formula is C12H13N3O2. The van der Waals surface area contributed by atoms with Crippen molar-refractivity contribution in [3.63, 3.8) is 0 Å². The van der Waals surface area contributed by atoms with Gasteiger partial charge in [-0.1, -0.05) is 0 Å². The number of hydrogen-bond donors (Lipinski definition) is 3. The number of hydrogen-bond acceptors (Lipinski definition) is 2. The summed E-state index contributed by atoms with van der Waals surface area (Å²) in [7, 11) is 0. The molecule has 3 rings (SSSR count). The van der Waals surface area contributed by atoms with E-state index in [0.29, 0.717) is 6.42 Å². The molecule has 0 radical (unpaired) electrons. The Labute approximate surface area is 97.9 Å². The molecule has 5 nitrogen and oxygen atoms in total. The molecule has 88 valence electrons. The van der Waals surface area contributed by atoms with Gasteiger partial charge in [-0.3, -0.25) is 9.89 Å². The molecule has 17 heavy (non-hydrogen) atoms. The van der Waals surface area contributed by atoms with E-state index in [-0.39, 0.29) is 5.92 Å². The lowest BCUT2D eigenvalue weighted by molar-refractivity contribution is -0.142. The van der Waals surface area contributed by atoms with Gasteiger partial charge in [0.2, 0.25) is 0 Å².